The lowest BCUT2D eigenvalue weighted by molar-refractivity contribution is 0.0950. The Hall–Kier alpha value is -2.56. The molecule has 1 heterocycles. The fraction of sp³-hybridized carbons (Fsp3) is 0.333. The zero-order valence-electron chi connectivity index (χ0n) is 13.9. The zero-order valence-corrected chi connectivity index (χ0v) is 13.9. The van der Waals surface area contributed by atoms with Gasteiger partial charge in [0.25, 0.3) is 5.91 Å². The molecule has 0 saturated carbocycles. The lowest BCUT2D eigenvalue weighted by Gasteiger charge is -2.11. The predicted molar refractivity (Wildman–Crippen MR) is 90.8 cm³/mol. The van der Waals surface area contributed by atoms with Crippen molar-refractivity contribution in [3.63, 3.8) is 0 Å². The van der Waals surface area contributed by atoms with Crippen LogP contribution in [0.3, 0.4) is 0 Å². The molecule has 0 spiro atoms. The Kier molecular flexibility index (Phi) is 5.57. The molecule has 5 nitrogen and oxygen atoms in total. The van der Waals surface area contributed by atoms with Gasteiger partial charge in [0.05, 0.1) is 11.3 Å². The summed E-state index contributed by atoms with van der Waals surface area (Å²) in [7, 11) is 0. The molecular weight excluding hydrogens is 290 g/mol. The Morgan fingerprint density at radius 3 is 2.74 bits per heavy atom. The van der Waals surface area contributed by atoms with E-state index >= 15 is 0 Å². The highest BCUT2D eigenvalue weighted by Gasteiger charge is 2.12. The van der Waals surface area contributed by atoms with E-state index in [1.165, 1.54) is 0 Å². The molecule has 0 aliphatic heterocycles. The second-order valence-electron chi connectivity index (χ2n) is 5.66. The average Bonchev–Trinajstić information content (AvgIpc) is 2.85. The third-order valence-corrected chi connectivity index (χ3v) is 3.55. The molecule has 1 aromatic heterocycles. The first-order valence-corrected chi connectivity index (χ1v) is 7.64. The van der Waals surface area contributed by atoms with Crippen molar-refractivity contribution in [2.45, 2.75) is 27.2 Å². The van der Waals surface area contributed by atoms with Crippen LogP contribution in [0, 0.1) is 13.8 Å². The van der Waals surface area contributed by atoms with E-state index in [0.29, 0.717) is 24.5 Å². The molecule has 1 aromatic carbocycles. The van der Waals surface area contributed by atoms with Gasteiger partial charge in [-0.2, -0.15) is 5.10 Å². The summed E-state index contributed by atoms with van der Waals surface area (Å²) in [6.45, 7) is 10.6. The highest BCUT2D eigenvalue weighted by Crippen LogP contribution is 2.18. The number of aromatic nitrogens is 2. The minimum atomic E-state index is -0.138. The Morgan fingerprint density at radius 1 is 1.35 bits per heavy atom. The molecule has 2 rings (SSSR count). The Balaban J connectivity index is 1.97. The van der Waals surface area contributed by atoms with Gasteiger partial charge in [-0.25, -0.2) is 0 Å². The maximum atomic E-state index is 12.4. The summed E-state index contributed by atoms with van der Waals surface area (Å²) in [5.74, 6) is 0.435. The number of hydrogen-bond acceptors (Lipinski definition) is 3. The summed E-state index contributed by atoms with van der Waals surface area (Å²) in [5.41, 5.74) is 4.61. The van der Waals surface area contributed by atoms with Crippen LogP contribution in [0.5, 0.6) is 5.75 Å². The van der Waals surface area contributed by atoms with Crippen LogP contribution in [-0.2, 0) is 6.42 Å². The van der Waals surface area contributed by atoms with Crippen LogP contribution >= 0.6 is 0 Å². The number of H-pyrrole nitrogens is 1. The van der Waals surface area contributed by atoms with Crippen LogP contribution in [0.15, 0.2) is 36.4 Å². The molecule has 23 heavy (non-hydrogen) atoms. The zero-order chi connectivity index (χ0) is 16.8. The van der Waals surface area contributed by atoms with Gasteiger partial charge in [-0.3, -0.25) is 9.89 Å². The number of rotatable bonds is 7. The number of aryl methyl sites for hydroxylation is 2. The topological polar surface area (TPSA) is 67.0 Å². The number of amides is 1. The number of benzene rings is 1. The standard InChI is InChI=1S/C18H23N3O2/c1-12(2)11-23-17-8-6-5-7-16(17)18(22)19-10-9-15-13(3)20-21-14(15)4/h5-8H,1,9-11H2,2-4H3,(H,19,22)(H,20,21). The van der Waals surface area contributed by atoms with Crippen LogP contribution in [0.4, 0.5) is 0 Å². The summed E-state index contributed by atoms with van der Waals surface area (Å²) >= 11 is 0. The van der Waals surface area contributed by atoms with Gasteiger partial charge >= 0.3 is 0 Å². The van der Waals surface area contributed by atoms with Crippen molar-refractivity contribution in [2.75, 3.05) is 13.2 Å². The molecule has 1 amide bonds. The number of para-hydroxylation sites is 1. The molecule has 0 unspecified atom stereocenters. The summed E-state index contributed by atoms with van der Waals surface area (Å²) in [6.07, 6.45) is 0.745. The minimum Gasteiger partial charge on any atom is -0.488 e. The van der Waals surface area contributed by atoms with Gasteiger partial charge in [-0.1, -0.05) is 18.7 Å². The van der Waals surface area contributed by atoms with Crippen LogP contribution < -0.4 is 10.1 Å². The van der Waals surface area contributed by atoms with Gasteiger partial charge in [-0.15, -0.1) is 0 Å². The predicted octanol–water partition coefficient (Wildman–Crippen LogP) is 2.95. The van der Waals surface area contributed by atoms with E-state index < -0.39 is 0 Å². The number of carbonyl (C=O) groups is 1. The first kappa shape index (κ1) is 16.8. The summed E-state index contributed by atoms with van der Waals surface area (Å²) in [4.78, 5) is 12.4. The minimum absolute atomic E-state index is 0.138. The van der Waals surface area contributed by atoms with Gasteiger partial charge in [-0.05, 0) is 50.5 Å². The molecule has 2 aromatic rings. The summed E-state index contributed by atoms with van der Waals surface area (Å²) in [5, 5.41) is 10.0. The Morgan fingerprint density at radius 2 is 2.09 bits per heavy atom. The van der Waals surface area contributed by atoms with E-state index in [9.17, 15) is 4.79 Å². The third-order valence-electron chi connectivity index (χ3n) is 3.55. The maximum absolute atomic E-state index is 12.4. The van der Waals surface area contributed by atoms with Crippen molar-refractivity contribution in [1.29, 1.82) is 0 Å². The van der Waals surface area contributed by atoms with Gasteiger partial charge in [0.2, 0.25) is 0 Å². The van der Waals surface area contributed by atoms with Crippen molar-refractivity contribution < 1.29 is 9.53 Å². The van der Waals surface area contributed by atoms with Crippen LogP contribution in [0.25, 0.3) is 0 Å². The molecule has 0 fully saturated rings. The Labute approximate surface area is 136 Å². The summed E-state index contributed by atoms with van der Waals surface area (Å²) < 4.78 is 5.63. The maximum Gasteiger partial charge on any atom is 0.255 e. The van der Waals surface area contributed by atoms with E-state index in [2.05, 4.69) is 22.1 Å². The monoisotopic (exact) mass is 313 g/mol. The number of aromatic amines is 1. The van der Waals surface area contributed by atoms with Crippen molar-refractivity contribution >= 4 is 5.91 Å². The van der Waals surface area contributed by atoms with Crippen molar-refractivity contribution in [3.05, 3.63) is 58.9 Å². The molecule has 122 valence electrons. The lowest BCUT2D eigenvalue weighted by Crippen LogP contribution is -2.26. The largest absolute Gasteiger partial charge is 0.488 e. The van der Waals surface area contributed by atoms with Crippen LogP contribution in [0.1, 0.15) is 34.2 Å². The van der Waals surface area contributed by atoms with E-state index in [1.54, 1.807) is 12.1 Å². The smallest absolute Gasteiger partial charge is 0.255 e. The average molecular weight is 313 g/mol. The van der Waals surface area contributed by atoms with Gasteiger partial charge in [0.1, 0.15) is 12.4 Å². The molecule has 0 bridgehead atoms. The molecule has 5 heteroatoms. The fourth-order valence-electron chi connectivity index (χ4n) is 2.32. The van der Waals surface area contributed by atoms with Crippen molar-refractivity contribution in [3.8, 4) is 5.75 Å². The van der Waals surface area contributed by atoms with E-state index in [4.69, 9.17) is 4.74 Å². The fourth-order valence-corrected chi connectivity index (χ4v) is 2.32. The molecule has 2 N–H and O–H groups in total. The Bertz CT molecular complexity index is 685. The normalized spacial score (nSPS) is 10.4. The highest BCUT2D eigenvalue weighted by atomic mass is 16.5. The van der Waals surface area contributed by atoms with E-state index in [1.807, 2.05) is 32.9 Å². The molecular formula is C18H23N3O2. The third kappa shape index (κ3) is 4.45. The summed E-state index contributed by atoms with van der Waals surface area (Å²) in [6, 6.07) is 7.23. The molecule has 0 atom stereocenters. The number of hydrogen-bond donors (Lipinski definition) is 2. The number of carbonyl (C=O) groups excluding carboxylic acids is 1. The van der Waals surface area contributed by atoms with Gasteiger partial charge in [0, 0.05) is 12.2 Å². The molecule has 0 saturated heterocycles. The van der Waals surface area contributed by atoms with Crippen LogP contribution in [-0.4, -0.2) is 29.3 Å². The first-order valence-electron chi connectivity index (χ1n) is 7.64. The molecule has 0 aliphatic rings. The van der Waals surface area contributed by atoms with Crippen molar-refractivity contribution in [2.24, 2.45) is 0 Å². The second-order valence-corrected chi connectivity index (χ2v) is 5.66. The molecule has 0 aliphatic carbocycles. The number of ether oxygens (including phenoxy) is 1. The quantitative estimate of drug-likeness (QED) is 0.772. The SMILES string of the molecule is C=C(C)COc1ccccc1C(=O)NCCc1c(C)n[nH]c1C. The van der Waals surface area contributed by atoms with Crippen LogP contribution in [0.2, 0.25) is 0 Å². The highest BCUT2D eigenvalue weighted by molar-refractivity contribution is 5.96. The van der Waals surface area contributed by atoms with Crippen molar-refractivity contribution in [1.82, 2.24) is 15.5 Å². The first-order chi connectivity index (χ1) is 11.0. The number of nitrogens with zero attached hydrogens (tertiary/aromatic N) is 1. The second kappa shape index (κ2) is 7.63. The molecule has 0 radical (unpaired) electrons. The lowest BCUT2D eigenvalue weighted by atomic mass is 10.1. The van der Waals surface area contributed by atoms with E-state index in [0.717, 1.165) is 28.9 Å². The van der Waals surface area contributed by atoms with E-state index in [-0.39, 0.29) is 5.91 Å². The van der Waals surface area contributed by atoms with Gasteiger partial charge in [0.15, 0.2) is 0 Å². The van der Waals surface area contributed by atoms with Gasteiger partial charge < -0.3 is 10.1 Å². The number of nitrogens with one attached hydrogen (secondary N) is 2.